The summed E-state index contributed by atoms with van der Waals surface area (Å²) in [6.45, 7) is 1.42. The van der Waals surface area contributed by atoms with E-state index in [1.165, 1.54) is 6.92 Å². The number of aromatic carboxylic acids is 1. The van der Waals surface area contributed by atoms with Gasteiger partial charge in [-0.15, -0.1) is 0 Å². The van der Waals surface area contributed by atoms with Gasteiger partial charge in [0.15, 0.2) is 11.6 Å². The number of hydrogen-bond donors (Lipinski definition) is 1. The van der Waals surface area contributed by atoms with Gasteiger partial charge in [-0.2, -0.15) is 10.4 Å². The van der Waals surface area contributed by atoms with E-state index in [0.29, 0.717) is 0 Å². The van der Waals surface area contributed by atoms with Gasteiger partial charge in [0.05, 0.1) is 17.3 Å². The molecule has 5 nitrogen and oxygen atoms in total. The number of carboxylic acid groups (broad SMARTS) is 1. The van der Waals surface area contributed by atoms with Crippen molar-refractivity contribution in [1.29, 1.82) is 5.26 Å². The van der Waals surface area contributed by atoms with Crippen molar-refractivity contribution in [3.8, 4) is 11.8 Å². The maximum Gasteiger partial charge on any atom is 0.339 e. The summed E-state index contributed by atoms with van der Waals surface area (Å²) in [6.07, 6.45) is 1.02. The molecule has 7 heteroatoms. The summed E-state index contributed by atoms with van der Waals surface area (Å²) in [6, 6.07) is 3.33. The zero-order valence-corrected chi connectivity index (χ0v) is 9.69. The molecule has 0 spiro atoms. The molecular weight excluding hydrogens is 256 g/mol. The molecule has 1 N–H and O–H groups in total. The lowest BCUT2D eigenvalue weighted by Crippen LogP contribution is -2.03. The summed E-state index contributed by atoms with van der Waals surface area (Å²) in [5.41, 5.74) is -0.700. The molecule has 19 heavy (non-hydrogen) atoms. The fourth-order valence-corrected chi connectivity index (χ4v) is 1.63. The van der Waals surface area contributed by atoms with Gasteiger partial charge < -0.3 is 5.11 Å². The van der Waals surface area contributed by atoms with Crippen molar-refractivity contribution in [3.63, 3.8) is 0 Å². The molecule has 0 fully saturated rings. The predicted molar refractivity (Wildman–Crippen MR) is 59.9 cm³/mol. The van der Waals surface area contributed by atoms with Crippen molar-refractivity contribution >= 4 is 5.97 Å². The van der Waals surface area contributed by atoms with Crippen molar-refractivity contribution in [2.45, 2.75) is 6.92 Å². The van der Waals surface area contributed by atoms with Crippen LogP contribution in [0.25, 0.3) is 5.69 Å². The molecule has 0 atom stereocenters. The van der Waals surface area contributed by atoms with E-state index in [4.69, 9.17) is 10.4 Å². The standard InChI is InChI=1S/C12H7F2N3O2/c1-6-8(12(18)19)5-17(16-6)11-9(13)2-7(4-15)3-10(11)14/h2-3,5H,1H3,(H,18,19). The van der Waals surface area contributed by atoms with Gasteiger partial charge in [-0.25, -0.2) is 18.3 Å². The molecule has 96 valence electrons. The fraction of sp³-hybridized carbons (Fsp3) is 0.0833. The quantitative estimate of drug-likeness (QED) is 0.899. The van der Waals surface area contributed by atoms with Crippen LogP contribution in [0.4, 0.5) is 8.78 Å². The van der Waals surface area contributed by atoms with Crippen LogP contribution in [-0.4, -0.2) is 20.9 Å². The summed E-state index contributed by atoms with van der Waals surface area (Å²) in [5.74, 6) is -3.22. The van der Waals surface area contributed by atoms with E-state index in [1.54, 1.807) is 6.07 Å². The monoisotopic (exact) mass is 263 g/mol. The van der Waals surface area contributed by atoms with E-state index < -0.39 is 23.3 Å². The van der Waals surface area contributed by atoms with Crippen LogP contribution in [0.3, 0.4) is 0 Å². The van der Waals surface area contributed by atoms with Crippen LogP contribution in [0.15, 0.2) is 18.3 Å². The van der Waals surface area contributed by atoms with Gasteiger partial charge in [0.2, 0.25) is 0 Å². The average molecular weight is 263 g/mol. The number of hydrogen-bond acceptors (Lipinski definition) is 3. The fourth-order valence-electron chi connectivity index (χ4n) is 1.63. The highest BCUT2D eigenvalue weighted by Gasteiger charge is 2.18. The molecule has 0 amide bonds. The number of benzene rings is 1. The molecule has 0 saturated carbocycles. The minimum atomic E-state index is -1.24. The van der Waals surface area contributed by atoms with Crippen molar-refractivity contribution < 1.29 is 18.7 Å². The van der Waals surface area contributed by atoms with Gasteiger partial charge in [0.1, 0.15) is 11.3 Å². The lowest BCUT2D eigenvalue weighted by Gasteiger charge is -2.05. The Morgan fingerprint density at radius 1 is 1.42 bits per heavy atom. The number of halogens is 2. The highest BCUT2D eigenvalue weighted by Crippen LogP contribution is 2.20. The van der Waals surface area contributed by atoms with E-state index in [1.807, 2.05) is 0 Å². The number of rotatable bonds is 2. The number of aromatic nitrogens is 2. The van der Waals surface area contributed by atoms with Gasteiger partial charge in [0.25, 0.3) is 0 Å². The van der Waals surface area contributed by atoms with E-state index in [2.05, 4.69) is 5.10 Å². The van der Waals surface area contributed by atoms with Crippen LogP contribution in [0.1, 0.15) is 21.6 Å². The lowest BCUT2D eigenvalue weighted by molar-refractivity contribution is 0.0696. The molecule has 1 heterocycles. The Hall–Kier alpha value is -2.75. The molecule has 0 aliphatic rings. The third kappa shape index (κ3) is 2.15. The average Bonchev–Trinajstić information content (AvgIpc) is 2.70. The van der Waals surface area contributed by atoms with Crippen molar-refractivity contribution in [3.05, 3.63) is 46.8 Å². The van der Waals surface area contributed by atoms with E-state index in [-0.39, 0.29) is 16.8 Å². The SMILES string of the molecule is Cc1nn(-c2c(F)cc(C#N)cc2F)cc1C(=O)O. The molecule has 0 aliphatic heterocycles. The van der Waals surface area contributed by atoms with Crippen LogP contribution in [0.2, 0.25) is 0 Å². The molecule has 0 aliphatic carbocycles. The van der Waals surface area contributed by atoms with Crippen molar-refractivity contribution in [2.24, 2.45) is 0 Å². The number of carbonyl (C=O) groups is 1. The van der Waals surface area contributed by atoms with Crippen LogP contribution in [-0.2, 0) is 0 Å². The second-order valence-electron chi connectivity index (χ2n) is 3.78. The summed E-state index contributed by atoms with van der Waals surface area (Å²) in [7, 11) is 0. The Balaban J connectivity index is 2.63. The van der Waals surface area contributed by atoms with Crippen LogP contribution < -0.4 is 0 Å². The third-order valence-corrected chi connectivity index (χ3v) is 2.50. The molecule has 0 radical (unpaired) electrons. The molecule has 1 aromatic carbocycles. The highest BCUT2D eigenvalue weighted by molar-refractivity contribution is 5.88. The molecule has 2 aromatic rings. The highest BCUT2D eigenvalue weighted by atomic mass is 19.1. The topological polar surface area (TPSA) is 78.9 Å². The first-order valence-electron chi connectivity index (χ1n) is 5.13. The van der Waals surface area contributed by atoms with Gasteiger partial charge in [-0.1, -0.05) is 0 Å². The zero-order chi connectivity index (χ0) is 14.2. The molecule has 2 rings (SSSR count). The predicted octanol–water partition coefficient (Wildman–Crippen LogP) is 2.03. The Morgan fingerprint density at radius 3 is 2.42 bits per heavy atom. The Kier molecular flexibility index (Phi) is 3.00. The summed E-state index contributed by atoms with van der Waals surface area (Å²) in [5, 5.41) is 21.2. The molecule has 0 saturated heterocycles. The smallest absolute Gasteiger partial charge is 0.339 e. The summed E-state index contributed by atoms with van der Waals surface area (Å²) in [4.78, 5) is 10.9. The number of nitrogens with zero attached hydrogens (tertiary/aromatic N) is 3. The normalized spacial score (nSPS) is 10.2. The minimum Gasteiger partial charge on any atom is -0.478 e. The number of nitriles is 1. The summed E-state index contributed by atoms with van der Waals surface area (Å²) < 4.78 is 28.3. The first-order valence-corrected chi connectivity index (χ1v) is 5.13. The molecule has 0 unspecified atom stereocenters. The van der Waals surface area contributed by atoms with Gasteiger partial charge >= 0.3 is 5.97 Å². The largest absolute Gasteiger partial charge is 0.478 e. The van der Waals surface area contributed by atoms with Gasteiger partial charge in [0, 0.05) is 6.20 Å². The van der Waals surface area contributed by atoms with Gasteiger partial charge in [-0.05, 0) is 19.1 Å². The maximum atomic E-state index is 13.7. The molecular formula is C12H7F2N3O2. The second kappa shape index (κ2) is 4.49. The number of carboxylic acids is 1. The second-order valence-corrected chi connectivity index (χ2v) is 3.78. The Bertz CT molecular complexity index is 693. The van der Waals surface area contributed by atoms with Gasteiger partial charge in [-0.3, -0.25) is 0 Å². The number of aryl methyl sites for hydroxylation is 1. The molecule has 0 bridgehead atoms. The Labute approximate surface area is 106 Å². The van der Waals surface area contributed by atoms with Crippen LogP contribution in [0, 0.1) is 29.9 Å². The zero-order valence-electron chi connectivity index (χ0n) is 9.69. The summed E-state index contributed by atoms with van der Waals surface area (Å²) >= 11 is 0. The third-order valence-electron chi connectivity index (χ3n) is 2.50. The van der Waals surface area contributed by atoms with E-state index in [0.717, 1.165) is 23.0 Å². The minimum absolute atomic E-state index is 0.135. The van der Waals surface area contributed by atoms with Crippen LogP contribution in [0.5, 0.6) is 0 Å². The van der Waals surface area contributed by atoms with E-state index in [9.17, 15) is 13.6 Å². The van der Waals surface area contributed by atoms with Crippen LogP contribution >= 0.6 is 0 Å². The first kappa shape index (κ1) is 12.7. The lowest BCUT2D eigenvalue weighted by atomic mass is 10.2. The Morgan fingerprint density at radius 2 is 2.00 bits per heavy atom. The van der Waals surface area contributed by atoms with E-state index >= 15 is 0 Å². The first-order chi connectivity index (χ1) is 8.93. The van der Waals surface area contributed by atoms with Crippen molar-refractivity contribution in [1.82, 2.24) is 9.78 Å². The van der Waals surface area contributed by atoms with Crippen molar-refractivity contribution in [2.75, 3.05) is 0 Å². The molecule has 1 aromatic heterocycles. The maximum absolute atomic E-state index is 13.7.